The molecule has 150 valence electrons. The highest BCUT2D eigenvalue weighted by Crippen LogP contribution is 2.26. The quantitative estimate of drug-likeness (QED) is 0.482. The first-order chi connectivity index (χ1) is 14.7. The number of aryl methyl sites for hydroxylation is 1. The van der Waals surface area contributed by atoms with Gasteiger partial charge in [-0.2, -0.15) is 5.10 Å². The van der Waals surface area contributed by atoms with Crippen molar-refractivity contribution in [3.8, 4) is 22.6 Å². The molecule has 0 atom stereocenters. The van der Waals surface area contributed by atoms with E-state index in [1.54, 1.807) is 0 Å². The summed E-state index contributed by atoms with van der Waals surface area (Å²) in [6.07, 6.45) is 5.01. The van der Waals surface area contributed by atoms with Gasteiger partial charge in [-0.25, -0.2) is 9.97 Å². The van der Waals surface area contributed by atoms with Crippen molar-refractivity contribution in [3.05, 3.63) is 88.8 Å². The maximum Gasteiger partial charge on any atom is 0.159 e. The van der Waals surface area contributed by atoms with Crippen molar-refractivity contribution in [1.29, 1.82) is 0 Å². The van der Waals surface area contributed by atoms with E-state index in [0.717, 1.165) is 59.4 Å². The highest BCUT2D eigenvalue weighted by atomic mass is 35.5. The Labute approximate surface area is 181 Å². The van der Waals surface area contributed by atoms with E-state index in [4.69, 9.17) is 21.7 Å². The Bertz CT molecular complexity index is 1170. The number of halogens is 1. The summed E-state index contributed by atoms with van der Waals surface area (Å²) in [4.78, 5) is 11.9. The van der Waals surface area contributed by atoms with Crippen molar-refractivity contribution in [2.45, 2.75) is 19.5 Å². The van der Waals surface area contributed by atoms with Gasteiger partial charge >= 0.3 is 0 Å². The molecule has 6 heteroatoms. The summed E-state index contributed by atoms with van der Waals surface area (Å²) >= 11 is 6.00. The third-order valence-corrected chi connectivity index (χ3v) is 5.71. The third-order valence-electron chi connectivity index (χ3n) is 5.46. The first-order valence-corrected chi connectivity index (χ1v) is 10.4. The Morgan fingerprint density at radius 1 is 1.00 bits per heavy atom. The zero-order valence-electron chi connectivity index (χ0n) is 16.8. The molecule has 0 radical (unpaired) electrons. The topological polar surface area (TPSA) is 46.8 Å². The highest BCUT2D eigenvalue weighted by Gasteiger charge is 2.21. The zero-order valence-corrected chi connectivity index (χ0v) is 17.5. The molecule has 0 N–H and O–H groups in total. The smallest absolute Gasteiger partial charge is 0.159 e. The fourth-order valence-corrected chi connectivity index (χ4v) is 4.11. The van der Waals surface area contributed by atoms with E-state index < -0.39 is 0 Å². The van der Waals surface area contributed by atoms with Gasteiger partial charge in [-0.1, -0.05) is 41.9 Å². The minimum absolute atomic E-state index is 0.720. The predicted octanol–water partition coefficient (Wildman–Crippen LogP) is 4.76. The number of hydrogen-bond acceptors (Lipinski definition) is 4. The number of nitrogens with zero attached hydrogens (tertiary/aromatic N) is 5. The van der Waals surface area contributed by atoms with Crippen LogP contribution in [0, 0.1) is 0 Å². The molecule has 0 fully saturated rings. The molecule has 0 bridgehead atoms. The van der Waals surface area contributed by atoms with Crippen LogP contribution in [0.4, 0.5) is 0 Å². The Morgan fingerprint density at radius 2 is 1.80 bits per heavy atom. The molecular formula is C24H22ClN5. The molecule has 2 aromatic heterocycles. The Kier molecular flexibility index (Phi) is 5.07. The standard InChI is InChI=1S/C24H22ClN5/c1-29-14-20(23(28-29)17-5-3-2-4-6-17)16-30-12-11-22-19(15-30)13-26-24(27-22)18-7-9-21(25)10-8-18/h2-10,13-14H,11-12,15-16H2,1H3. The summed E-state index contributed by atoms with van der Waals surface area (Å²) in [5.41, 5.74) is 6.78. The summed E-state index contributed by atoms with van der Waals surface area (Å²) in [5.74, 6) is 0.762. The molecule has 0 unspecified atom stereocenters. The van der Waals surface area contributed by atoms with Crippen molar-refractivity contribution >= 4 is 11.6 Å². The van der Waals surface area contributed by atoms with Crippen molar-refractivity contribution in [2.24, 2.45) is 7.05 Å². The first kappa shape index (κ1) is 19.0. The molecule has 30 heavy (non-hydrogen) atoms. The molecule has 5 nitrogen and oxygen atoms in total. The van der Waals surface area contributed by atoms with E-state index in [1.807, 2.05) is 48.3 Å². The van der Waals surface area contributed by atoms with Gasteiger partial charge in [0, 0.05) is 72.8 Å². The second kappa shape index (κ2) is 8.01. The molecule has 0 saturated carbocycles. The molecule has 0 saturated heterocycles. The summed E-state index contributed by atoms with van der Waals surface area (Å²) in [6, 6.07) is 18.1. The van der Waals surface area contributed by atoms with Gasteiger partial charge in [-0.05, 0) is 24.3 Å². The summed E-state index contributed by atoms with van der Waals surface area (Å²) < 4.78 is 1.90. The van der Waals surface area contributed by atoms with E-state index in [-0.39, 0.29) is 0 Å². The second-order valence-corrected chi connectivity index (χ2v) is 8.11. The summed E-state index contributed by atoms with van der Waals surface area (Å²) in [7, 11) is 1.98. The molecule has 1 aliphatic rings. The van der Waals surface area contributed by atoms with Crippen LogP contribution in [0.3, 0.4) is 0 Å². The van der Waals surface area contributed by atoms with E-state index in [9.17, 15) is 0 Å². The lowest BCUT2D eigenvalue weighted by Gasteiger charge is -2.28. The van der Waals surface area contributed by atoms with Crippen molar-refractivity contribution in [1.82, 2.24) is 24.6 Å². The Hall–Kier alpha value is -3.02. The van der Waals surface area contributed by atoms with Crippen LogP contribution in [0.1, 0.15) is 16.8 Å². The van der Waals surface area contributed by atoms with Gasteiger partial charge in [-0.3, -0.25) is 9.58 Å². The normalized spacial score (nSPS) is 13.9. The minimum atomic E-state index is 0.720. The van der Waals surface area contributed by atoms with E-state index in [2.05, 4.69) is 40.3 Å². The molecule has 4 aromatic rings. The second-order valence-electron chi connectivity index (χ2n) is 7.68. The molecule has 2 aromatic carbocycles. The van der Waals surface area contributed by atoms with Gasteiger partial charge < -0.3 is 0 Å². The molecule has 1 aliphatic heterocycles. The van der Waals surface area contributed by atoms with Crippen molar-refractivity contribution in [2.75, 3.05) is 6.54 Å². The van der Waals surface area contributed by atoms with Crippen molar-refractivity contribution in [3.63, 3.8) is 0 Å². The van der Waals surface area contributed by atoms with Crippen LogP contribution in [-0.4, -0.2) is 31.2 Å². The lowest BCUT2D eigenvalue weighted by Crippen LogP contribution is -2.31. The van der Waals surface area contributed by atoms with Gasteiger partial charge in [0.2, 0.25) is 0 Å². The van der Waals surface area contributed by atoms with Gasteiger partial charge in [0.05, 0.1) is 11.4 Å². The van der Waals surface area contributed by atoms with Crippen LogP contribution in [0.15, 0.2) is 67.0 Å². The molecular weight excluding hydrogens is 394 g/mol. The lowest BCUT2D eigenvalue weighted by atomic mass is 10.0. The molecule has 5 rings (SSSR count). The van der Waals surface area contributed by atoms with Crippen LogP contribution in [0.5, 0.6) is 0 Å². The predicted molar refractivity (Wildman–Crippen MR) is 119 cm³/mol. The zero-order chi connectivity index (χ0) is 20.5. The average Bonchev–Trinajstić information content (AvgIpc) is 3.14. The number of benzene rings is 2. The maximum absolute atomic E-state index is 6.00. The van der Waals surface area contributed by atoms with E-state index in [0.29, 0.717) is 0 Å². The minimum Gasteiger partial charge on any atom is -0.294 e. The SMILES string of the molecule is Cn1cc(CN2CCc3nc(-c4ccc(Cl)cc4)ncc3C2)c(-c2ccccc2)n1. The average molecular weight is 416 g/mol. The monoisotopic (exact) mass is 415 g/mol. The van der Waals surface area contributed by atoms with Gasteiger partial charge in [0.25, 0.3) is 0 Å². The Morgan fingerprint density at radius 3 is 2.60 bits per heavy atom. The number of hydrogen-bond donors (Lipinski definition) is 0. The van der Waals surface area contributed by atoms with Crippen LogP contribution < -0.4 is 0 Å². The van der Waals surface area contributed by atoms with E-state index in [1.165, 1.54) is 11.1 Å². The van der Waals surface area contributed by atoms with Crippen LogP contribution in [-0.2, 0) is 26.6 Å². The lowest BCUT2D eigenvalue weighted by molar-refractivity contribution is 0.243. The fourth-order valence-electron chi connectivity index (χ4n) is 3.98. The van der Waals surface area contributed by atoms with Crippen molar-refractivity contribution < 1.29 is 0 Å². The largest absolute Gasteiger partial charge is 0.294 e. The fraction of sp³-hybridized carbons (Fsp3) is 0.208. The highest BCUT2D eigenvalue weighted by molar-refractivity contribution is 6.30. The summed E-state index contributed by atoms with van der Waals surface area (Å²) in [6.45, 7) is 2.67. The van der Waals surface area contributed by atoms with E-state index >= 15 is 0 Å². The van der Waals surface area contributed by atoms with Crippen LogP contribution in [0.2, 0.25) is 5.02 Å². The molecule has 0 aliphatic carbocycles. The molecule has 3 heterocycles. The van der Waals surface area contributed by atoms with Crippen LogP contribution >= 0.6 is 11.6 Å². The maximum atomic E-state index is 6.00. The summed E-state index contributed by atoms with van der Waals surface area (Å²) in [5, 5.41) is 5.42. The van der Waals surface area contributed by atoms with Gasteiger partial charge in [0.1, 0.15) is 0 Å². The Balaban J connectivity index is 1.35. The first-order valence-electron chi connectivity index (χ1n) is 10.1. The van der Waals surface area contributed by atoms with Gasteiger partial charge in [0.15, 0.2) is 5.82 Å². The molecule has 0 amide bonds. The van der Waals surface area contributed by atoms with Gasteiger partial charge in [-0.15, -0.1) is 0 Å². The van der Waals surface area contributed by atoms with Crippen LogP contribution in [0.25, 0.3) is 22.6 Å². The number of fused-ring (bicyclic) bond motifs is 1. The number of rotatable bonds is 4. The third kappa shape index (κ3) is 3.86. The molecule has 0 spiro atoms. The number of aromatic nitrogens is 4.